The van der Waals surface area contributed by atoms with Crippen LogP contribution in [0.15, 0.2) is 41.2 Å². The fourth-order valence-electron chi connectivity index (χ4n) is 1.91. The zero-order valence-electron chi connectivity index (χ0n) is 9.94. The second-order valence-corrected chi connectivity index (χ2v) is 3.89. The van der Waals surface area contributed by atoms with Crippen LogP contribution in [0.25, 0.3) is 0 Å². The van der Waals surface area contributed by atoms with Gasteiger partial charge in [-0.2, -0.15) is 0 Å². The molecule has 1 aromatic heterocycles. The van der Waals surface area contributed by atoms with E-state index in [9.17, 15) is 0 Å². The molecule has 0 saturated heterocycles. The van der Waals surface area contributed by atoms with E-state index in [0.29, 0.717) is 0 Å². The van der Waals surface area contributed by atoms with Gasteiger partial charge in [0.25, 0.3) is 0 Å². The van der Waals surface area contributed by atoms with E-state index in [0.717, 1.165) is 22.4 Å². The van der Waals surface area contributed by atoms with E-state index in [1.165, 1.54) is 0 Å². The molecule has 0 aliphatic rings. The highest BCUT2D eigenvalue weighted by molar-refractivity contribution is 5.40. The first-order chi connectivity index (χ1) is 8.26. The van der Waals surface area contributed by atoms with Crippen LogP contribution in [0.3, 0.4) is 0 Å². The minimum atomic E-state index is -0.0710. The Morgan fingerprint density at radius 3 is 2.65 bits per heavy atom. The minimum absolute atomic E-state index is 0.0710. The zero-order chi connectivity index (χ0) is 12.3. The standard InChI is InChI=1S/C13H16N2O2/c1-9-7-10(3-4-12(9)16-2)13(15-14)11-5-6-17-8-11/h3-8,13,15H,14H2,1-2H3. The van der Waals surface area contributed by atoms with E-state index in [-0.39, 0.29) is 6.04 Å². The number of rotatable bonds is 4. The predicted octanol–water partition coefficient (Wildman–Crippen LogP) is 2.15. The van der Waals surface area contributed by atoms with Crippen molar-refractivity contribution in [3.63, 3.8) is 0 Å². The van der Waals surface area contributed by atoms with Crippen LogP contribution < -0.4 is 16.0 Å². The molecular formula is C13H16N2O2. The zero-order valence-corrected chi connectivity index (χ0v) is 9.94. The predicted molar refractivity (Wildman–Crippen MR) is 65.6 cm³/mol. The molecular weight excluding hydrogens is 216 g/mol. The topological polar surface area (TPSA) is 60.4 Å². The number of furan rings is 1. The van der Waals surface area contributed by atoms with E-state index < -0.39 is 0 Å². The lowest BCUT2D eigenvalue weighted by atomic mass is 10.00. The molecule has 0 aliphatic carbocycles. The van der Waals surface area contributed by atoms with Crippen molar-refractivity contribution < 1.29 is 9.15 Å². The number of aryl methyl sites for hydroxylation is 1. The van der Waals surface area contributed by atoms with Gasteiger partial charge in [0.15, 0.2) is 0 Å². The Labute approximate surface area is 100 Å². The van der Waals surface area contributed by atoms with Crippen molar-refractivity contribution in [1.82, 2.24) is 5.43 Å². The SMILES string of the molecule is COc1ccc(C(NN)c2ccoc2)cc1C. The first-order valence-corrected chi connectivity index (χ1v) is 5.39. The molecule has 0 amide bonds. The van der Waals surface area contributed by atoms with Gasteiger partial charge in [0.1, 0.15) is 5.75 Å². The van der Waals surface area contributed by atoms with Gasteiger partial charge in [0.2, 0.25) is 0 Å². The first kappa shape index (κ1) is 11.7. The second kappa shape index (κ2) is 5.03. The molecule has 17 heavy (non-hydrogen) atoms. The van der Waals surface area contributed by atoms with Crippen molar-refractivity contribution in [3.05, 3.63) is 53.5 Å². The summed E-state index contributed by atoms with van der Waals surface area (Å²) in [6, 6.07) is 7.80. The molecule has 90 valence electrons. The lowest BCUT2D eigenvalue weighted by Gasteiger charge is -2.16. The van der Waals surface area contributed by atoms with Crippen LogP contribution in [0.4, 0.5) is 0 Å². The van der Waals surface area contributed by atoms with E-state index >= 15 is 0 Å². The monoisotopic (exact) mass is 232 g/mol. The van der Waals surface area contributed by atoms with Crippen molar-refractivity contribution in [1.29, 1.82) is 0 Å². The summed E-state index contributed by atoms with van der Waals surface area (Å²) < 4.78 is 10.3. The Morgan fingerprint density at radius 1 is 1.29 bits per heavy atom. The third-order valence-electron chi connectivity index (χ3n) is 2.80. The van der Waals surface area contributed by atoms with Crippen molar-refractivity contribution in [3.8, 4) is 5.75 Å². The number of ether oxygens (including phenoxy) is 1. The summed E-state index contributed by atoms with van der Waals surface area (Å²) >= 11 is 0. The molecule has 1 unspecified atom stereocenters. The van der Waals surface area contributed by atoms with E-state index in [1.807, 2.05) is 25.1 Å². The largest absolute Gasteiger partial charge is 0.496 e. The molecule has 0 saturated carbocycles. The summed E-state index contributed by atoms with van der Waals surface area (Å²) in [6.45, 7) is 2.01. The second-order valence-electron chi connectivity index (χ2n) is 3.89. The Hall–Kier alpha value is -1.78. The van der Waals surface area contributed by atoms with Gasteiger partial charge in [-0.3, -0.25) is 5.84 Å². The van der Waals surface area contributed by atoms with Gasteiger partial charge in [-0.25, -0.2) is 5.43 Å². The highest BCUT2D eigenvalue weighted by Crippen LogP contribution is 2.26. The van der Waals surface area contributed by atoms with Gasteiger partial charge in [0.05, 0.1) is 25.7 Å². The molecule has 1 atom stereocenters. The number of hydrogen-bond acceptors (Lipinski definition) is 4. The van der Waals surface area contributed by atoms with Crippen LogP contribution in [-0.4, -0.2) is 7.11 Å². The van der Waals surface area contributed by atoms with Crippen molar-refractivity contribution in [2.24, 2.45) is 5.84 Å². The number of hydrogen-bond donors (Lipinski definition) is 2. The third-order valence-corrected chi connectivity index (χ3v) is 2.80. The Kier molecular flexibility index (Phi) is 3.46. The minimum Gasteiger partial charge on any atom is -0.496 e. The maximum Gasteiger partial charge on any atom is 0.121 e. The van der Waals surface area contributed by atoms with E-state index in [2.05, 4.69) is 11.5 Å². The summed E-state index contributed by atoms with van der Waals surface area (Å²) in [7, 11) is 1.66. The average Bonchev–Trinajstić information content (AvgIpc) is 2.84. The van der Waals surface area contributed by atoms with E-state index in [1.54, 1.807) is 19.6 Å². The summed E-state index contributed by atoms with van der Waals surface area (Å²) in [6.07, 6.45) is 3.32. The molecule has 2 aromatic rings. The first-order valence-electron chi connectivity index (χ1n) is 5.39. The molecule has 0 aliphatic heterocycles. The van der Waals surface area contributed by atoms with Crippen molar-refractivity contribution in [2.45, 2.75) is 13.0 Å². The van der Waals surface area contributed by atoms with Gasteiger partial charge < -0.3 is 9.15 Å². The number of hydrazine groups is 1. The Morgan fingerprint density at radius 2 is 2.12 bits per heavy atom. The molecule has 4 heteroatoms. The molecule has 0 bridgehead atoms. The summed E-state index contributed by atoms with van der Waals surface area (Å²) in [4.78, 5) is 0. The fourth-order valence-corrected chi connectivity index (χ4v) is 1.91. The number of nitrogens with two attached hydrogens (primary N) is 1. The molecule has 0 spiro atoms. The van der Waals surface area contributed by atoms with Crippen LogP contribution in [-0.2, 0) is 0 Å². The molecule has 0 fully saturated rings. The van der Waals surface area contributed by atoms with Crippen LogP contribution in [0.5, 0.6) is 5.75 Å². The molecule has 4 nitrogen and oxygen atoms in total. The van der Waals surface area contributed by atoms with Crippen LogP contribution in [0, 0.1) is 6.92 Å². The van der Waals surface area contributed by atoms with Crippen LogP contribution in [0.1, 0.15) is 22.7 Å². The quantitative estimate of drug-likeness (QED) is 0.626. The number of methoxy groups -OCH3 is 1. The molecule has 3 N–H and O–H groups in total. The van der Waals surface area contributed by atoms with Gasteiger partial charge in [-0.1, -0.05) is 12.1 Å². The van der Waals surface area contributed by atoms with Gasteiger partial charge in [0, 0.05) is 5.56 Å². The van der Waals surface area contributed by atoms with Gasteiger partial charge in [-0.15, -0.1) is 0 Å². The lowest BCUT2D eigenvalue weighted by Crippen LogP contribution is -2.28. The molecule has 2 rings (SSSR count). The van der Waals surface area contributed by atoms with Crippen LogP contribution >= 0.6 is 0 Å². The molecule has 1 heterocycles. The van der Waals surface area contributed by atoms with Crippen molar-refractivity contribution >= 4 is 0 Å². The maximum atomic E-state index is 5.59. The van der Waals surface area contributed by atoms with Gasteiger partial charge in [-0.05, 0) is 30.2 Å². The van der Waals surface area contributed by atoms with Crippen LogP contribution in [0.2, 0.25) is 0 Å². The highest BCUT2D eigenvalue weighted by atomic mass is 16.5. The van der Waals surface area contributed by atoms with Crippen molar-refractivity contribution in [2.75, 3.05) is 7.11 Å². The molecule has 0 radical (unpaired) electrons. The summed E-state index contributed by atoms with van der Waals surface area (Å²) in [5.41, 5.74) is 5.94. The smallest absolute Gasteiger partial charge is 0.121 e. The van der Waals surface area contributed by atoms with E-state index in [4.69, 9.17) is 15.0 Å². The summed E-state index contributed by atoms with van der Waals surface area (Å²) in [5, 5.41) is 0. The normalized spacial score (nSPS) is 12.4. The molecule has 1 aromatic carbocycles. The lowest BCUT2D eigenvalue weighted by molar-refractivity contribution is 0.411. The fraction of sp³-hybridized carbons (Fsp3) is 0.231. The summed E-state index contributed by atoms with van der Waals surface area (Å²) in [5.74, 6) is 6.47. The number of benzene rings is 1. The Bertz CT molecular complexity index is 480. The average molecular weight is 232 g/mol. The Balaban J connectivity index is 2.35. The maximum absolute atomic E-state index is 5.59. The van der Waals surface area contributed by atoms with Gasteiger partial charge >= 0.3 is 0 Å². The third kappa shape index (κ3) is 2.33. The number of nitrogens with one attached hydrogen (secondary N) is 1. The highest BCUT2D eigenvalue weighted by Gasteiger charge is 2.14.